The molecule has 4 aromatic rings. The van der Waals surface area contributed by atoms with Crippen LogP contribution in [0.1, 0.15) is 43.0 Å². The Morgan fingerprint density at radius 2 is 2.14 bits per heavy atom. The number of nitrogen functional groups attached to an aromatic ring is 1. The molecule has 0 amide bonds. The van der Waals surface area contributed by atoms with Crippen molar-refractivity contribution in [1.82, 2.24) is 23.9 Å². The number of fused-ring (bicyclic) bond motifs is 2. The van der Waals surface area contributed by atoms with E-state index < -0.39 is 0 Å². The molecule has 0 spiro atoms. The van der Waals surface area contributed by atoms with Gasteiger partial charge >= 0.3 is 0 Å². The molecule has 2 N–H and O–H groups in total. The summed E-state index contributed by atoms with van der Waals surface area (Å²) in [7, 11) is 0. The summed E-state index contributed by atoms with van der Waals surface area (Å²) < 4.78 is 18.5. The van der Waals surface area contributed by atoms with Gasteiger partial charge in [-0.3, -0.25) is 0 Å². The van der Waals surface area contributed by atoms with Crippen LogP contribution in [0.15, 0.2) is 37.1 Å². The van der Waals surface area contributed by atoms with Gasteiger partial charge in [0.2, 0.25) is 0 Å². The number of nitrogens with two attached hydrogens (primary N) is 1. The quantitative estimate of drug-likeness (QED) is 0.581. The Labute approximate surface area is 162 Å². The van der Waals surface area contributed by atoms with Crippen molar-refractivity contribution < 1.29 is 4.39 Å². The smallest absolute Gasteiger partial charge is 0.145 e. The minimum atomic E-state index is -0.147. The van der Waals surface area contributed by atoms with E-state index in [9.17, 15) is 4.39 Å². The predicted octanol–water partition coefficient (Wildman–Crippen LogP) is 4.08. The molecule has 2 atom stereocenters. The number of rotatable bonds is 4. The number of aryl methyl sites for hydroxylation is 2. The molecule has 1 fully saturated rings. The highest BCUT2D eigenvalue weighted by molar-refractivity contribution is 5.86. The van der Waals surface area contributed by atoms with Crippen molar-refractivity contribution in [2.75, 3.05) is 5.73 Å². The molecule has 144 valence electrons. The molecule has 2 unspecified atom stereocenters. The van der Waals surface area contributed by atoms with Crippen LogP contribution in [0, 0.1) is 18.7 Å². The average molecular weight is 378 g/mol. The third-order valence-electron chi connectivity index (χ3n) is 6.13. The Morgan fingerprint density at radius 1 is 1.25 bits per heavy atom. The number of anilines is 1. The van der Waals surface area contributed by atoms with Gasteiger partial charge in [-0.1, -0.05) is 0 Å². The van der Waals surface area contributed by atoms with Crippen LogP contribution in [0.3, 0.4) is 0 Å². The summed E-state index contributed by atoms with van der Waals surface area (Å²) in [6.45, 7) is 1.93. The van der Waals surface area contributed by atoms with Gasteiger partial charge in [-0.05, 0) is 62.6 Å². The van der Waals surface area contributed by atoms with Gasteiger partial charge in [0.25, 0.3) is 0 Å². The Morgan fingerprint density at radius 3 is 3.04 bits per heavy atom. The summed E-state index contributed by atoms with van der Waals surface area (Å²) in [4.78, 5) is 12.8. The van der Waals surface area contributed by atoms with Crippen LogP contribution in [0.2, 0.25) is 0 Å². The Balaban J connectivity index is 1.29. The third-order valence-corrected chi connectivity index (χ3v) is 6.13. The van der Waals surface area contributed by atoms with E-state index in [0.29, 0.717) is 17.8 Å². The lowest BCUT2D eigenvalue weighted by atomic mass is 9.98. The molecule has 28 heavy (non-hydrogen) atoms. The molecule has 1 saturated carbocycles. The van der Waals surface area contributed by atoms with Crippen molar-refractivity contribution in [3.8, 4) is 0 Å². The lowest BCUT2D eigenvalue weighted by Crippen LogP contribution is -2.06. The van der Waals surface area contributed by atoms with Crippen molar-refractivity contribution in [1.29, 1.82) is 0 Å². The molecule has 4 heterocycles. The maximum Gasteiger partial charge on any atom is 0.145 e. The maximum absolute atomic E-state index is 14.5. The molecule has 0 aromatic carbocycles. The number of hydrogen-bond donors (Lipinski definition) is 1. The van der Waals surface area contributed by atoms with Crippen molar-refractivity contribution >= 4 is 22.5 Å². The Hall–Kier alpha value is -2.96. The number of nitrogens with zero attached hydrogens (tertiary/aromatic N) is 5. The van der Waals surface area contributed by atoms with Gasteiger partial charge in [-0.15, -0.1) is 0 Å². The number of aromatic nitrogens is 5. The fourth-order valence-electron chi connectivity index (χ4n) is 4.56. The van der Waals surface area contributed by atoms with E-state index in [2.05, 4.69) is 25.7 Å². The zero-order valence-electron chi connectivity index (χ0n) is 15.8. The second-order valence-corrected chi connectivity index (χ2v) is 7.87. The summed E-state index contributed by atoms with van der Waals surface area (Å²) in [6, 6.07) is 4.29. The van der Waals surface area contributed by atoms with Crippen molar-refractivity contribution in [3.05, 3.63) is 54.1 Å². The van der Waals surface area contributed by atoms with E-state index in [4.69, 9.17) is 5.73 Å². The second kappa shape index (κ2) is 6.58. The number of pyridine rings is 1. The van der Waals surface area contributed by atoms with E-state index in [1.54, 1.807) is 16.8 Å². The van der Waals surface area contributed by atoms with Crippen molar-refractivity contribution in [2.45, 2.75) is 45.1 Å². The van der Waals surface area contributed by atoms with Crippen molar-refractivity contribution in [3.63, 3.8) is 0 Å². The normalized spacial score (nSPS) is 19.8. The van der Waals surface area contributed by atoms with Gasteiger partial charge < -0.3 is 14.7 Å². The first kappa shape index (κ1) is 17.2. The summed E-state index contributed by atoms with van der Waals surface area (Å²) in [5.41, 5.74) is 9.38. The Bertz CT molecular complexity index is 1160. The third kappa shape index (κ3) is 2.82. The predicted molar refractivity (Wildman–Crippen MR) is 107 cm³/mol. The topological polar surface area (TPSA) is 74.0 Å². The largest absolute Gasteiger partial charge is 0.383 e. The molecule has 0 aliphatic heterocycles. The van der Waals surface area contributed by atoms with E-state index in [0.717, 1.165) is 60.0 Å². The first-order valence-corrected chi connectivity index (χ1v) is 9.79. The number of hydrogen-bond acceptors (Lipinski definition) is 4. The molecular weight excluding hydrogens is 355 g/mol. The fourth-order valence-corrected chi connectivity index (χ4v) is 4.56. The lowest BCUT2D eigenvalue weighted by Gasteiger charge is -2.14. The first-order valence-electron chi connectivity index (χ1n) is 9.79. The van der Waals surface area contributed by atoms with Gasteiger partial charge in [-0.2, -0.15) is 0 Å². The molecule has 6 nitrogen and oxygen atoms in total. The standard InChI is InChI=1S/C21H23FN6/c1-13-10-24-19-9-15(18(22)11-28(13)19)4-2-14-3-5-16(8-14)27-7-6-17-20(23)25-12-26-21(17)27/h6-7,9-12,14,16H,2-5,8H2,1H3,(H2,23,25,26). The summed E-state index contributed by atoms with van der Waals surface area (Å²) in [5, 5.41) is 0.913. The lowest BCUT2D eigenvalue weighted by molar-refractivity contribution is 0.457. The fraction of sp³-hybridized carbons (Fsp3) is 0.381. The first-order chi connectivity index (χ1) is 13.6. The zero-order valence-corrected chi connectivity index (χ0v) is 15.8. The number of imidazole rings is 1. The van der Waals surface area contributed by atoms with Gasteiger partial charge in [0, 0.05) is 30.3 Å². The van der Waals surface area contributed by atoms with Crippen LogP contribution in [0.4, 0.5) is 10.2 Å². The molecule has 5 rings (SSSR count). The molecule has 1 aliphatic carbocycles. The van der Waals surface area contributed by atoms with Crippen LogP contribution in [-0.2, 0) is 6.42 Å². The highest BCUT2D eigenvalue weighted by Gasteiger charge is 2.27. The van der Waals surface area contributed by atoms with Gasteiger partial charge in [0.1, 0.15) is 29.3 Å². The highest BCUT2D eigenvalue weighted by atomic mass is 19.1. The molecule has 4 aromatic heterocycles. The summed E-state index contributed by atoms with van der Waals surface area (Å²) in [5.74, 6) is 0.962. The summed E-state index contributed by atoms with van der Waals surface area (Å²) in [6.07, 6.45) is 12.0. The number of halogens is 1. The second-order valence-electron chi connectivity index (χ2n) is 7.87. The molecule has 0 radical (unpaired) electrons. The zero-order chi connectivity index (χ0) is 19.3. The van der Waals surface area contributed by atoms with Crippen LogP contribution >= 0.6 is 0 Å². The van der Waals surface area contributed by atoms with Gasteiger partial charge in [-0.25, -0.2) is 19.3 Å². The van der Waals surface area contributed by atoms with Crippen LogP contribution in [0.5, 0.6) is 0 Å². The van der Waals surface area contributed by atoms with E-state index in [1.165, 1.54) is 6.33 Å². The van der Waals surface area contributed by atoms with E-state index in [1.807, 2.05) is 19.1 Å². The molecular formula is C21H23FN6. The van der Waals surface area contributed by atoms with Gasteiger partial charge in [0.15, 0.2) is 0 Å². The minimum absolute atomic E-state index is 0.147. The monoisotopic (exact) mass is 378 g/mol. The van der Waals surface area contributed by atoms with Gasteiger partial charge in [0.05, 0.1) is 5.39 Å². The van der Waals surface area contributed by atoms with Crippen molar-refractivity contribution in [2.24, 2.45) is 5.92 Å². The van der Waals surface area contributed by atoms with E-state index in [-0.39, 0.29) is 5.82 Å². The summed E-state index contributed by atoms with van der Waals surface area (Å²) >= 11 is 0. The maximum atomic E-state index is 14.5. The van der Waals surface area contributed by atoms with Crippen LogP contribution in [-0.4, -0.2) is 23.9 Å². The molecule has 1 aliphatic rings. The van der Waals surface area contributed by atoms with Crippen LogP contribution < -0.4 is 5.73 Å². The molecule has 0 bridgehead atoms. The SMILES string of the molecule is Cc1cnc2cc(CCC3CCC(n4ccc5c(N)ncnc54)C3)c(F)cn12. The Kier molecular flexibility index (Phi) is 4.03. The van der Waals surface area contributed by atoms with E-state index >= 15 is 0 Å². The molecule has 7 heteroatoms. The highest BCUT2D eigenvalue weighted by Crippen LogP contribution is 2.39. The van der Waals surface area contributed by atoms with Crippen LogP contribution in [0.25, 0.3) is 16.7 Å². The minimum Gasteiger partial charge on any atom is -0.383 e. The average Bonchev–Trinajstić information content (AvgIpc) is 3.40. The molecule has 0 saturated heterocycles.